The van der Waals surface area contributed by atoms with Crippen molar-refractivity contribution >= 4 is 43.2 Å². The van der Waals surface area contributed by atoms with Gasteiger partial charge in [0.1, 0.15) is 4.88 Å². The molecular formula is C6H3Br2F3S. The highest BCUT2D eigenvalue weighted by molar-refractivity contribution is 9.10. The summed E-state index contributed by atoms with van der Waals surface area (Å²) in [5.74, 6) is 0. The highest BCUT2D eigenvalue weighted by atomic mass is 79.9. The summed E-state index contributed by atoms with van der Waals surface area (Å²) in [6, 6.07) is 1.47. The summed E-state index contributed by atoms with van der Waals surface area (Å²) in [6.07, 6.45) is -4.25. The first-order chi connectivity index (χ1) is 5.45. The average molecular weight is 324 g/mol. The number of halogens is 5. The third-order valence-electron chi connectivity index (χ3n) is 1.13. The second-order valence-corrected chi connectivity index (χ2v) is 4.57. The molecule has 1 heterocycles. The Balaban J connectivity index is 3.08. The fourth-order valence-electron chi connectivity index (χ4n) is 0.675. The molecule has 0 nitrogen and oxygen atoms in total. The van der Waals surface area contributed by atoms with Crippen LogP contribution in [0.5, 0.6) is 0 Å². The van der Waals surface area contributed by atoms with Crippen molar-refractivity contribution in [2.24, 2.45) is 0 Å². The van der Waals surface area contributed by atoms with E-state index in [4.69, 9.17) is 0 Å². The molecule has 0 radical (unpaired) electrons. The lowest BCUT2D eigenvalue weighted by Gasteiger charge is -2.02. The van der Waals surface area contributed by atoms with Gasteiger partial charge in [-0.25, -0.2) is 0 Å². The second kappa shape index (κ2) is 3.67. The summed E-state index contributed by atoms with van der Waals surface area (Å²) < 4.78 is 36.6. The molecule has 0 fully saturated rings. The van der Waals surface area contributed by atoms with Gasteiger partial charge in [0.25, 0.3) is 0 Å². The molecule has 0 spiro atoms. The monoisotopic (exact) mass is 322 g/mol. The molecule has 0 saturated heterocycles. The summed E-state index contributed by atoms with van der Waals surface area (Å²) in [6.45, 7) is 0. The molecule has 0 N–H and O–H groups in total. The quantitative estimate of drug-likeness (QED) is 0.671. The molecule has 1 aromatic heterocycles. The first kappa shape index (κ1) is 10.5. The van der Waals surface area contributed by atoms with E-state index in [9.17, 15) is 13.2 Å². The topological polar surface area (TPSA) is 0 Å². The molecule has 0 aliphatic carbocycles. The minimum absolute atomic E-state index is 0.120. The minimum atomic E-state index is -4.25. The van der Waals surface area contributed by atoms with Crippen molar-refractivity contribution in [2.75, 3.05) is 0 Å². The van der Waals surface area contributed by atoms with Crippen molar-refractivity contribution in [1.82, 2.24) is 0 Å². The van der Waals surface area contributed by atoms with E-state index in [1.54, 1.807) is 0 Å². The summed E-state index contributed by atoms with van der Waals surface area (Å²) in [5.41, 5.74) is 0. The fourth-order valence-corrected chi connectivity index (χ4v) is 2.84. The van der Waals surface area contributed by atoms with E-state index in [1.807, 2.05) is 0 Å². The summed E-state index contributed by atoms with van der Waals surface area (Å²) in [5, 5.41) is 0.451. The van der Waals surface area contributed by atoms with Gasteiger partial charge in [0.05, 0.1) is 0 Å². The molecule has 0 aliphatic rings. The summed E-state index contributed by atoms with van der Waals surface area (Å²) >= 11 is 6.70. The van der Waals surface area contributed by atoms with E-state index < -0.39 is 11.1 Å². The maximum Gasteiger partial charge on any atom is 0.426 e. The van der Waals surface area contributed by atoms with E-state index in [0.29, 0.717) is 10.2 Å². The molecule has 6 heteroatoms. The van der Waals surface area contributed by atoms with Crippen LogP contribution in [0.2, 0.25) is 0 Å². The largest absolute Gasteiger partial charge is 0.426 e. The van der Waals surface area contributed by atoms with Gasteiger partial charge in [-0.3, -0.25) is 0 Å². The summed E-state index contributed by atoms with van der Waals surface area (Å²) in [4.78, 5) is 0.0890. The standard InChI is InChI=1S/C6H3Br2F3S/c7-2-3-1-4(8)5(12-3)6(9,10)11/h1H,2H2. The van der Waals surface area contributed by atoms with E-state index in [-0.39, 0.29) is 4.47 Å². The number of rotatable bonds is 1. The predicted molar refractivity (Wildman–Crippen MR) is 49.7 cm³/mol. The van der Waals surface area contributed by atoms with E-state index in [0.717, 1.165) is 11.3 Å². The van der Waals surface area contributed by atoms with Gasteiger partial charge in [0, 0.05) is 14.7 Å². The Morgan fingerprint density at radius 2 is 2.00 bits per heavy atom. The van der Waals surface area contributed by atoms with E-state index in [2.05, 4.69) is 31.9 Å². The van der Waals surface area contributed by atoms with Gasteiger partial charge in [-0.15, -0.1) is 11.3 Å². The number of hydrogen-bond acceptors (Lipinski definition) is 1. The van der Waals surface area contributed by atoms with Crippen LogP contribution in [-0.2, 0) is 11.5 Å². The van der Waals surface area contributed by atoms with Crippen LogP contribution in [0, 0.1) is 0 Å². The third-order valence-corrected chi connectivity index (χ3v) is 4.17. The average Bonchev–Trinajstić information content (AvgIpc) is 2.29. The van der Waals surface area contributed by atoms with Gasteiger partial charge < -0.3 is 0 Å². The van der Waals surface area contributed by atoms with Crippen LogP contribution in [0.15, 0.2) is 10.5 Å². The molecule has 0 amide bonds. The molecule has 1 aromatic rings. The Morgan fingerprint density at radius 1 is 1.42 bits per heavy atom. The number of alkyl halides is 4. The maximum atomic E-state index is 12.2. The molecule has 0 bridgehead atoms. The van der Waals surface area contributed by atoms with Crippen LogP contribution in [0.25, 0.3) is 0 Å². The zero-order valence-corrected chi connectivity index (χ0v) is 9.57. The molecule has 0 atom stereocenters. The van der Waals surface area contributed by atoms with Crippen molar-refractivity contribution in [1.29, 1.82) is 0 Å². The first-order valence-electron chi connectivity index (χ1n) is 2.86. The summed E-state index contributed by atoms with van der Waals surface area (Å²) in [7, 11) is 0. The zero-order chi connectivity index (χ0) is 9.35. The van der Waals surface area contributed by atoms with Crippen molar-refractivity contribution in [3.05, 3.63) is 20.3 Å². The van der Waals surface area contributed by atoms with Crippen molar-refractivity contribution in [3.8, 4) is 0 Å². The Kier molecular flexibility index (Phi) is 3.22. The maximum absolute atomic E-state index is 12.2. The lowest BCUT2D eigenvalue weighted by Crippen LogP contribution is -2.01. The van der Waals surface area contributed by atoms with Crippen molar-refractivity contribution in [3.63, 3.8) is 0 Å². The molecule has 0 aromatic carbocycles. The third kappa shape index (κ3) is 2.23. The van der Waals surface area contributed by atoms with Gasteiger partial charge in [-0.1, -0.05) is 15.9 Å². The van der Waals surface area contributed by atoms with Crippen LogP contribution in [0.3, 0.4) is 0 Å². The molecule has 68 valence electrons. The molecule has 0 saturated carbocycles. The fraction of sp³-hybridized carbons (Fsp3) is 0.333. The Labute approximate surface area is 88.0 Å². The molecule has 12 heavy (non-hydrogen) atoms. The van der Waals surface area contributed by atoms with Crippen LogP contribution < -0.4 is 0 Å². The lowest BCUT2D eigenvalue weighted by molar-refractivity contribution is -0.134. The van der Waals surface area contributed by atoms with Gasteiger partial charge in [-0.2, -0.15) is 13.2 Å². The SMILES string of the molecule is FC(F)(F)c1sc(CBr)cc1Br. The van der Waals surface area contributed by atoms with Gasteiger partial charge >= 0.3 is 6.18 Å². The molecule has 0 unspecified atom stereocenters. The molecule has 0 aliphatic heterocycles. The highest BCUT2D eigenvalue weighted by Gasteiger charge is 2.35. The smallest absolute Gasteiger partial charge is 0.165 e. The minimum Gasteiger partial charge on any atom is -0.165 e. The van der Waals surface area contributed by atoms with Gasteiger partial charge in [0.2, 0.25) is 0 Å². The zero-order valence-electron chi connectivity index (χ0n) is 5.58. The molecule has 1 rings (SSSR count). The van der Waals surface area contributed by atoms with Crippen LogP contribution in [0.1, 0.15) is 9.75 Å². The van der Waals surface area contributed by atoms with Crippen LogP contribution in [-0.4, -0.2) is 0 Å². The normalized spacial score (nSPS) is 12.1. The van der Waals surface area contributed by atoms with Crippen molar-refractivity contribution < 1.29 is 13.2 Å². The lowest BCUT2D eigenvalue weighted by atomic mass is 10.4. The van der Waals surface area contributed by atoms with Crippen LogP contribution >= 0.6 is 43.2 Å². The predicted octanol–water partition coefficient (Wildman–Crippen LogP) is 4.42. The van der Waals surface area contributed by atoms with Gasteiger partial charge in [0.15, 0.2) is 0 Å². The molecular weight excluding hydrogens is 321 g/mol. The first-order valence-corrected chi connectivity index (χ1v) is 5.59. The van der Waals surface area contributed by atoms with E-state index in [1.165, 1.54) is 6.07 Å². The highest BCUT2D eigenvalue weighted by Crippen LogP contribution is 2.41. The van der Waals surface area contributed by atoms with Gasteiger partial charge in [-0.05, 0) is 22.0 Å². The van der Waals surface area contributed by atoms with Crippen molar-refractivity contribution in [2.45, 2.75) is 11.5 Å². The van der Waals surface area contributed by atoms with E-state index >= 15 is 0 Å². The Morgan fingerprint density at radius 3 is 2.25 bits per heavy atom. The Hall–Kier alpha value is 0.450. The van der Waals surface area contributed by atoms with Crippen LogP contribution in [0.4, 0.5) is 13.2 Å². The second-order valence-electron chi connectivity index (χ2n) is 2.02. The Bertz CT molecular complexity index is 279. The number of hydrogen-bond donors (Lipinski definition) is 0. The number of thiophene rings is 1.